The van der Waals surface area contributed by atoms with Gasteiger partial charge in [0.25, 0.3) is 0 Å². The van der Waals surface area contributed by atoms with Crippen molar-refractivity contribution in [1.29, 1.82) is 0 Å². The summed E-state index contributed by atoms with van der Waals surface area (Å²) in [4.78, 5) is 0. The van der Waals surface area contributed by atoms with Crippen LogP contribution in [0.15, 0.2) is 12.1 Å². The van der Waals surface area contributed by atoms with Gasteiger partial charge in [-0.3, -0.25) is 0 Å². The number of nitrogen functional groups attached to an aromatic ring is 1. The van der Waals surface area contributed by atoms with E-state index in [1.165, 1.54) is 0 Å². The van der Waals surface area contributed by atoms with Gasteiger partial charge in [0.2, 0.25) is 0 Å². The van der Waals surface area contributed by atoms with Crippen LogP contribution in [0, 0.1) is 0 Å². The second-order valence-corrected chi connectivity index (χ2v) is 6.51. The standard InChI is InChI=1S/C15H21F3N2O2/c1-13(2,7-14(22,8-21)15(16,17)18)11-3-4-12(19)10-6-20-5-9(10)11/h3-4,20-22H,5-8,19H2,1-2H3/t14-/m1/s1. The average Bonchev–Trinajstić information content (AvgIpc) is 2.86. The number of aliphatic hydroxyl groups excluding tert-OH is 1. The van der Waals surface area contributed by atoms with Gasteiger partial charge in [0.05, 0.1) is 6.61 Å². The molecule has 1 atom stereocenters. The molecule has 0 fully saturated rings. The Morgan fingerprint density at radius 2 is 1.77 bits per heavy atom. The van der Waals surface area contributed by atoms with Crippen molar-refractivity contribution in [1.82, 2.24) is 5.32 Å². The summed E-state index contributed by atoms with van der Waals surface area (Å²) in [5, 5.41) is 22.0. The van der Waals surface area contributed by atoms with Gasteiger partial charge in [-0.15, -0.1) is 0 Å². The Balaban J connectivity index is 2.42. The Bertz CT molecular complexity index is 573. The number of halogens is 3. The van der Waals surface area contributed by atoms with Crippen molar-refractivity contribution in [2.24, 2.45) is 0 Å². The minimum absolute atomic E-state index is 0.530. The van der Waals surface area contributed by atoms with Crippen molar-refractivity contribution in [2.45, 2.75) is 50.6 Å². The molecule has 0 radical (unpaired) electrons. The molecule has 0 spiro atoms. The van der Waals surface area contributed by atoms with Gasteiger partial charge in [0.15, 0.2) is 5.60 Å². The van der Waals surface area contributed by atoms with Crippen LogP contribution in [0.5, 0.6) is 0 Å². The lowest BCUT2D eigenvalue weighted by molar-refractivity contribution is -0.277. The Morgan fingerprint density at radius 3 is 2.32 bits per heavy atom. The van der Waals surface area contributed by atoms with Crippen molar-refractivity contribution in [3.05, 3.63) is 28.8 Å². The van der Waals surface area contributed by atoms with Crippen LogP contribution in [0.4, 0.5) is 18.9 Å². The molecule has 0 saturated carbocycles. The lowest BCUT2D eigenvalue weighted by atomic mass is 9.73. The van der Waals surface area contributed by atoms with E-state index in [2.05, 4.69) is 5.32 Å². The number of nitrogens with two attached hydrogens (primary N) is 1. The van der Waals surface area contributed by atoms with Crippen LogP contribution in [0.1, 0.15) is 37.0 Å². The smallest absolute Gasteiger partial charge is 0.398 e. The summed E-state index contributed by atoms with van der Waals surface area (Å²) in [6.07, 6.45) is -5.52. The Kier molecular flexibility index (Phi) is 4.18. The molecule has 22 heavy (non-hydrogen) atoms. The second-order valence-electron chi connectivity index (χ2n) is 6.51. The molecule has 1 aromatic carbocycles. The van der Waals surface area contributed by atoms with Crippen LogP contribution in [0.3, 0.4) is 0 Å². The van der Waals surface area contributed by atoms with Gasteiger partial charge in [-0.25, -0.2) is 0 Å². The molecule has 1 heterocycles. The zero-order valence-corrected chi connectivity index (χ0v) is 12.6. The predicted molar refractivity (Wildman–Crippen MR) is 77.1 cm³/mol. The van der Waals surface area contributed by atoms with Crippen LogP contribution in [-0.2, 0) is 18.5 Å². The van der Waals surface area contributed by atoms with Crippen molar-refractivity contribution in [3.8, 4) is 0 Å². The molecule has 1 aliphatic heterocycles. The molecule has 1 aromatic rings. The molecule has 0 aliphatic carbocycles. The van der Waals surface area contributed by atoms with Crippen LogP contribution in [0.2, 0.25) is 0 Å². The first kappa shape index (κ1) is 17.1. The van der Waals surface area contributed by atoms with Gasteiger partial charge in [0.1, 0.15) is 0 Å². The number of alkyl halides is 3. The molecule has 0 bridgehead atoms. The first-order chi connectivity index (χ1) is 10.0. The fourth-order valence-corrected chi connectivity index (χ4v) is 3.14. The first-order valence-corrected chi connectivity index (χ1v) is 7.03. The number of anilines is 1. The van der Waals surface area contributed by atoms with Crippen LogP contribution >= 0.6 is 0 Å². The van der Waals surface area contributed by atoms with Gasteiger partial charge < -0.3 is 21.3 Å². The molecular weight excluding hydrogens is 297 g/mol. The number of nitrogens with one attached hydrogen (secondary N) is 1. The molecule has 4 nitrogen and oxygen atoms in total. The van der Waals surface area contributed by atoms with E-state index in [0.29, 0.717) is 24.3 Å². The van der Waals surface area contributed by atoms with E-state index in [4.69, 9.17) is 10.8 Å². The minimum atomic E-state index is -4.89. The van der Waals surface area contributed by atoms with Crippen molar-refractivity contribution in [2.75, 3.05) is 12.3 Å². The molecule has 5 N–H and O–H groups in total. The molecule has 7 heteroatoms. The number of fused-ring (bicyclic) bond motifs is 1. The first-order valence-electron chi connectivity index (χ1n) is 7.03. The van der Waals surface area contributed by atoms with Crippen LogP contribution in [-0.4, -0.2) is 28.6 Å². The van der Waals surface area contributed by atoms with Crippen molar-refractivity contribution >= 4 is 5.69 Å². The predicted octanol–water partition coefficient (Wildman–Crippen LogP) is 1.83. The number of aliphatic hydroxyl groups is 2. The summed E-state index contributed by atoms with van der Waals surface area (Å²) in [5.74, 6) is 0. The summed E-state index contributed by atoms with van der Waals surface area (Å²) >= 11 is 0. The highest BCUT2D eigenvalue weighted by atomic mass is 19.4. The fourth-order valence-electron chi connectivity index (χ4n) is 3.14. The molecule has 0 amide bonds. The summed E-state index contributed by atoms with van der Waals surface area (Å²) in [5.41, 5.74) is 4.88. The van der Waals surface area contributed by atoms with Crippen LogP contribution in [0.25, 0.3) is 0 Å². The Morgan fingerprint density at radius 1 is 1.18 bits per heavy atom. The van der Waals surface area contributed by atoms with E-state index in [1.54, 1.807) is 26.0 Å². The van der Waals surface area contributed by atoms with Crippen LogP contribution < -0.4 is 11.1 Å². The van der Waals surface area contributed by atoms with E-state index in [-0.39, 0.29) is 0 Å². The van der Waals surface area contributed by atoms with E-state index in [0.717, 1.165) is 11.1 Å². The van der Waals surface area contributed by atoms with E-state index < -0.39 is 30.2 Å². The van der Waals surface area contributed by atoms with Gasteiger partial charge in [-0.05, 0) is 34.6 Å². The third-order valence-corrected chi connectivity index (χ3v) is 4.32. The third kappa shape index (κ3) is 2.80. The average molecular weight is 318 g/mol. The summed E-state index contributed by atoms with van der Waals surface area (Å²) in [6.45, 7) is 3.00. The molecular formula is C15H21F3N2O2. The van der Waals surface area contributed by atoms with Gasteiger partial charge >= 0.3 is 6.18 Å². The lowest BCUT2D eigenvalue weighted by Gasteiger charge is -2.37. The summed E-state index contributed by atoms with van der Waals surface area (Å²) < 4.78 is 39.1. The number of benzene rings is 1. The zero-order valence-electron chi connectivity index (χ0n) is 12.6. The molecule has 124 valence electrons. The van der Waals surface area contributed by atoms with Crippen molar-refractivity contribution < 1.29 is 23.4 Å². The number of hydrogen-bond donors (Lipinski definition) is 4. The van der Waals surface area contributed by atoms with E-state index >= 15 is 0 Å². The summed E-state index contributed by atoms with van der Waals surface area (Å²) in [6, 6.07) is 3.38. The monoisotopic (exact) mass is 318 g/mol. The molecule has 1 aliphatic rings. The normalized spacial score (nSPS) is 18.1. The Labute approximate surface area is 127 Å². The third-order valence-electron chi connectivity index (χ3n) is 4.32. The largest absolute Gasteiger partial charge is 0.419 e. The highest BCUT2D eigenvalue weighted by molar-refractivity contribution is 5.57. The van der Waals surface area contributed by atoms with E-state index in [9.17, 15) is 18.3 Å². The minimum Gasteiger partial charge on any atom is -0.398 e. The maximum atomic E-state index is 13.0. The second kappa shape index (κ2) is 5.40. The quantitative estimate of drug-likeness (QED) is 0.639. The maximum Gasteiger partial charge on any atom is 0.419 e. The molecule has 0 saturated heterocycles. The van der Waals surface area contributed by atoms with Gasteiger partial charge in [0, 0.05) is 18.8 Å². The SMILES string of the molecule is CC(C)(C[C@@](O)(CO)C(F)(F)F)c1ccc(N)c2c1CNC2. The maximum absolute atomic E-state index is 13.0. The van der Waals surface area contributed by atoms with Crippen molar-refractivity contribution in [3.63, 3.8) is 0 Å². The number of hydrogen-bond acceptors (Lipinski definition) is 4. The van der Waals surface area contributed by atoms with E-state index in [1.807, 2.05) is 0 Å². The van der Waals surface area contributed by atoms with Gasteiger partial charge in [-0.1, -0.05) is 19.9 Å². The Hall–Kier alpha value is -1.31. The molecule has 0 unspecified atom stereocenters. The summed E-state index contributed by atoms with van der Waals surface area (Å²) in [7, 11) is 0. The fraction of sp³-hybridized carbons (Fsp3) is 0.600. The molecule has 0 aromatic heterocycles. The highest BCUT2D eigenvalue weighted by Gasteiger charge is 2.55. The topological polar surface area (TPSA) is 78.5 Å². The van der Waals surface area contributed by atoms with Gasteiger partial charge in [-0.2, -0.15) is 13.2 Å². The number of rotatable bonds is 4. The highest BCUT2D eigenvalue weighted by Crippen LogP contribution is 2.43. The molecule has 2 rings (SSSR count). The zero-order chi connectivity index (χ0) is 16.8. The lowest BCUT2D eigenvalue weighted by Crippen LogP contribution is -2.52.